The third-order valence-corrected chi connectivity index (χ3v) is 6.21. The molecule has 136 valence electrons. The van der Waals surface area contributed by atoms with Gasteiger partial charge in [0.2, 0.25) is 0 Å². The zero-order chi connectivity index (χ0) is 18.1. The van der Waals surface area contributed by atoms with Gasteiger partial charge >= 0.3 is 0 Å². The number of nitrogens with zero attached hydrogens (tertiary/aromatic N) is 3. The quantitative estimate of drug-likeness (QED) is 0.718. The molecule has 0 bridgehead atoms. The molecule has 1 saturated carbocycles. The van der Waals surface area contributed by atoms with Gasteiger partial charge < -0.3 is 5.32 Å². The van der Waals surface area contributed by atoms with Gasteiger partial charge in [0, 0.05) is 24.1 Å². The molecule has 0 spiro atoms. The van der Waals surface area contributed by atoms with Gasteiger partial charge in [-0.2, -0.15) is 0 Å². The monoisotopic (exact) mass is 388 g/mol. The zero-order valence-electron chi connectivity index (χ0n) is 14.5. The molecule has 3 aromatic heterocycles. The van der Waals surface area contributed by atoms with Crippen LogP contribution in [-0.2, 0) is 15.6 Å². The predicted molar refractivity (Wildman–Crippen MR) is 105 cm³/mol. The lowest BCUT2D eigenvalue weighted by Crippen LogP contribution is -2.16. The number of sulfone groups is 1. The summed E-state index contributed by atoms with van der Waals surface area (Å²) in [5.74, 6) is 1.37. The van der Waals surface area contributed by atoms with Crippen LogP contribution in [0.4, 0.5) is 5.82 Å². The number of aromatic nitrogens is 3. The topological polar surface area (TPSA) is 84.8 Å². The number of nitrogens with one attached hydrogen (secondary N) is 1. The standard InChI is InChI=1S/C18H20N4O2S2/c1-26(23,24)11-14-10-12(6-8-19-14)17-21-15-7-9-25-16(15)18(22-17)20-13-4-2-3-5-13/h6-10,13H,2-5,11H2,1H3,(H,20,21,22). The van der Waals surface area contributed by atoms with Gasteiger partial charge in [0.05, 0.1) is 21.7 Å². The molecule has 0 saturated heterocycles. The van der Waals surface area contributed by atoms with Gasteiger partial charge in [0.15, 0.2) is 15.7 Å². The van der Waals surface area contributed by atoms with Crippen LogP contribution < -0.4 is 5.32 Å². The summed E-state index contributed by atoms with van der Waals surface area (Å²) in [5, 5.41) is 5.60. The van der Waals surface area contributed by atoms with Crippen LogP contribution in [0.5, 0.6) is 0 Å². The molecule has 1 fully saturated rings. The Bertz CT molecular complexity index is 1040. The Hall–Kier alpha value is -2.06. The van der Waals surface area contributed by atoms with Crippen molar-refractivity contribution in [2.45, 2.75) is 37.5 Å². The SMILES string of the molecule is CS(=O)(=O)Cc1cc(-c2nc(NC3CCCC3)c3sccc3n2)ccn1. The molecule has 4 rings (SSSR count). The molecular weight excluding hydrogens is 368 g/mol. The number of rotatable bonds is 5. The van der Waals surface area contributed by atoms with Gasteiger partial charge in [-0.25, -0.2) is 18.4 Å². The van der Waals surface area contributed by atoms with E-state index < -0.39 is 9.84 Å². The minimum atomic E-state index is -3.14. The molecule has 1 N–H and O–H groups in total. The fourth-order valence-corrected chi connectivity index (χ4v) is 4.80. The Balaban J connectivity index is 1.73. The Morgan fingerprint density at radius 2 is 2.04 bits per heavy atom. The molecule has 0 aliphatic heterocycles. The molecule has 0 atom stereocenters. The van der Waals surface area contributed by atoms with Crippen molar-refractivity contribution in [2.75, 3.05) is 11.6 Å². The van der Waals surface area contributed by atoms with Crippen molar-refractivity contribution in [1.29, 1.82) is 0 Å². The minimum absolute atomic E-state index is 0.0886. The third-order valence-electron chi connectivity index (χ3n) is 4.48. The van der Waals surface area contributed by atoms with Gasteiger partial charge in [0.25, 0.3) is 0 Å². The van der Waals surface area contributed by atoms with Crippen LogP contribution in [0.3, 0.4) is 0 Å². The smallest absolute Gasteiger partial charge is 0.162 e. The van der Waals surface area contributed by atoms with Crippen molar-refractivity contribution < 1.29 is 8.42 Å². The third kappa shape index (κ3) is 3.86. The summed E-state index contributed by atoms with van der Waals surface area (Å²) < 4.78 is 24.2. The van der Waals surface area contributed by atoms with E-state index in [0.29, 0.717) is 17.6 Å². The molecular formula is C18H20N4O2S2. The molecule has 6 nitrogen and oxygen atoms in total. The molecule has 0 aromatic carbocycles. The van der Waals surface area contributed by atoms with Crippen molar-refractivity contribution >= 4 is 37.2 Å². The van der Waals surface area contributed by atoms with E-state index in [1.54, 1.807) is 23.6 Å². The highest BCUT2D eigenvalue weighted by molar-refractivity contribution is 7.89. The summed E-state index contributed by atoms with van der Waals surface area (Å²) >= 11 is 1.63. The molecule has 0 radical (unpaired) electrons. The zero-order valence-corrected chi connectivity index (χ0v) is 16.1. The van der Waals surface area contributed by atoms with Crippen LogP contribution >= 0.6 is 11.3 Å². The molecule has 0 unspecified atom stereocenters. The van der Waals surface area contributed by atoms with Crippen molar-refractivity contribution in [3.63, 3.8) is 0 Å². The lowest BCUT2D eigenvalue weighted by molar-refractivity contribution is 0.600. The summed E-state index contributed by atoms with van der Waals surface area (Å²) in [6.45, 7) is 0. The van der Waals surface area contributed by atoms with E-state index in [0.717, 1.165) is 21.6 Å². The van der Waals surface area contributed by atoms with Crippen molar-refractivity contribution in [1.82, 2.24) is 15.0 Å². The second-order valence-corrected chi connectivity index (χ2v) is 9.82. The first kappa shape index (κ1) is 17.4. The van der Waals surface area contributed by atoms with Gasteiger partial charge in [-0.15, -0.1) is 11.3 Å². The largest absolute Gasteiger partial charge is 0.366 e. The molecule has 1 aliphatic rings. The van der Waals surface area contributed by atoms with Gasteiger partial charge in [-0.3, -0.25) is 4.98 Å². The highest BCUT2D eigenvalue weighted by Crippen LogP contribution is 2.31. The van der Waals surface area contributed by atoms with Crippen LogP contribution in [0.1, 0.15) is 31.4 Å². The summed E-state index contributed by atoms with van der Waals surface area (Å²) in [5.41, 5.74) is 2.19. The van der Waals surface area contributed by atoms with Gasteiger partial charge in [0.1, 0.15) is 5.82 Å². The lowest BCUT2D eigenvalue weighted by Gasteiger charge is -2.14. The lowest BCUT2D eigenvalue weighted by atomic mass is 10.2. The number of hydrogen-bond acceptors (Lipinski definition) is 7. The van der Waals surface area contributed by atoms with Crippen LogP contribution in [0.25, 0.3) is 21.6 Å². The summed E-state index contributed by atoms with van der Waals surface area (Å²) in [7, 11) is -3.14. The van der Waals surface area contributed by atoms with E-state index in [2.05, 4.69) is 15.3 Å². The number of pyridine rings is 1. The van der Waals surface area contributed by atoms with Crippen LogP contribution in [0, 0.1) is 0 Å². The minimum Gasteiger partial charge on any atom is -0.366 e. The Morgan fingerprint density at radius 3 is 2.81 bits per heavy atom. The molecule has 1 aliphatic carbocycles. The van der Waals surface area contributed by atoms with E-state index in [4.69, 9.17) is 4.98 Å². The van der Waals surface area contributed by atoms with Gasteiger partial charge in [-0.05, 0) is 36.4 Å². The van der Waals surface area contributed by atoms with E-state index >= 15 is 0 Å². The number of hydrogen-bond donors (Lipinski definition) is 1. The molecule has 0 amide bonds. The molecule has 3 aromatic rings. The molecule has 3 heterocycles. The summed E-state index contributed by atoms with van der Waals surface area (Å²) in [4.78, 5) is 13.6. The highest BCUT2D eigenvalue weighted by atomic mass is 32.2. The van der Waals surface area contributed by atoms with Gasteiger partial charge in [-0.1, -0.05) is 12.8 Å². The number of thiophene rings is 1. The Labute approximate surface area is 156 Å². The first-order chi connectivity index (χ1) is 12.5. The van der Waals surface area contributed by atoms with E-state index in [9.17, 15) is 8.42 Å². The average molecular weight is 389 g/mol. The Morgan fingerprint density at radius 1 is 1.23 bits per heavy atom. The van der Waals surface area contributed by atoms with Crippen LogP contribution in [-0.4, -0.2) is 35.7 Å². The summed E-state index contributed by atoms with van der Waals surface area (Å²) in [6, 6.07) is 6.03. The summed E-state index contributed by atoms with van der Waals surface area (Å²) in [6.07, 6.45) is 7.66. The predicted octanol–water partition coefficient (Wildman–Crippen LogP) is 3.65. The van der Waals surface area contributed by atoms with Crippen molar-refractivity contribution in [3.05, 3.63) is 35.5 Å². The molecule has 8 heteroatoms. The fourth-order valence-electron chi connectivity index (χ4n) is 3.32. The fraction of sp³-hybridized carbons (Fsp3) is 0.389. The van der Waals surface area contributed by atoms with Crippen LogP contribution in [0.2, 0.25) is 0 Å². The highest BCUT2D eigenvalue weighted by Gasteiger charge is 2.18. The first-order valence-electron chi connectivity index (χ1n) is 8.63. The van der Waals surface area contributed by atoms with Crippen LogP contribution in [0.15, 0.2) is 29.8 Å². The first-order valence-corrected chi connectivity index (χ1v) is 11.6. The average Bonchev–Trinajstić information content (AvgIpc) is 3.24. The van der Waals surface area contributed by atoms with Crippen molar-refractivity contribution in [3.8, 4) is 11.4 Å². The van der Waals surface area contributed by atoms with E-state index in [-0.39, 0.29) is 5.75 Å². The number of fused-ring (bicyclic) bond motifs is 1. The maximum absolute atomic E-state index is 11.6. The van der Waals surface area contributed by atoms with Crippen molar-refractivity contribution in [2.24, 2.45) is 0 Å². The maximum Gasteiger partial charge on any atom is 0.162 e. The van der Waals surface area contributed by atoms with E-state index in [1.165, 1.54) is 31.9 Å². The Kier molecular flexibility index (Phi) is 4.62. The normalized spacial score (nSPS) is 15.6. The molecule has 26 heavy (non-hydrogen) atoms. The van der Waals surface area contributed by atoms with E-state index in [1.807, 2.05) is 17.5 Å². The maximum atomic E-state index is 11.6. The second-order valence-electron chi connectivity index (χ2n) is 6.76. The second kappa shape index (κ2) is 6.92. The number of anilines is 1.